The van der Waals surface area contributed by atoms with Gasteiger partial charge in [-0.05, 0) is 30.5 Å². The Hall–Kier alpha value is -2.70. The number of carbonyl (C=O) groups excluding carboxylic acids is 1. The molecule has 4 rings (SSSR count). The molecule has 1 saturated carbocycles. The number of hydrogen-bond donors (Lipinski definition) is 1. The van der Waals surface area contributed by atoms with Gasteiger partial charge in [0.25, 0.3) is 0 Å². The van der Waals surface area contributed by atoms with Gasteiger partial charge in [0.15, 0.2) is 11.5 Å². The number of ether oxygens (including phenoxy) is 3. The maximum Gasteiger partial charge on any atom is 0.226 e. The number of anilines is 1. The van der Waals surface area contributed by atoms with Crippen molar-refractivity contribution in [3.8, 4) is 17.2 Å². The van der Waals surface area contributed by atoms with E-state index in [4.69, 9.17) is 14.2 Å². The van der Waals surface area contributed by atoms with Crippen LogP contribution in [0.15, 0.2) is 18.3 Å². The Morgan fingerprint density at radius 1 is 1.07 bits per heavy atom. The summed E-state index contributed by atoms with van der Waals surface area (Å²) in [5.74, 6) is 2.45. The lowest BCUT2D eigenvalue weighted by atomic mass is 9.87. The van der Waals surface area contributed by atoms with Gasteiger partial charge in [-0.1, -0.05) is 12.8 Å². The number of nitrogens with zero attached hydrogens (tertiary/aromatic N) is 2. The summed E-state index contributed by atoms with van der Waals surface area (Å²) in [6, 6.07) is 4.20. The number of methoxy groups -OCH3 is 3. The molecule has 0 saturated heterocycles. The molecule has 1 aliphatic heterocycles. The zero-order chi connectivity index (χ0) is 19.0. The molecule has 1 N–H and O–H groups in total. The standard InChI is InChI=1S/C20H25N3O4/c1-25-16-8-12(9-17(26-2)19(16)27-3)14-10-18(24)22-20-15(14)11-21-23(20)13-6-4-5-7-13/h8-9,11,13-14H,4-7,10H2,1-3H3,(H,22,24)/t14-/m0/s1. The minimum Gasteiger partial charge on any atom is -0.493 e. The molecular formula is C20H25N3O4. The Labute approximate surface area is 158 Å². The lowest BCUT2D eigenvalue weighted by molar-refractivity contribution is -0.116. The van der Waals surface area contributed by atoms with Crippen molar-refractivity contribution in [3.05, 3.63) is 29.5 Å². The second-order valence-corrected chi connectivity index (χ2v) is 7.09. The molecule has 1 fully saturated rings. The van der Waals surface area contributed by atoms with Gasteiger partial charge in [0.05, 0.1) is 33.6 Å². The van der Waals surface area contributed by atoms with Crippen LogP contribution in [0.1, 0.15) is 55.2 Å². The summed E-state index contributed by atoms with van der Waals surface area (Å²) in [6.45, 7) is 0. The van der Waals surface area contributed by atoms with Gasteiger partial charge < -0.3 is 19.5 Å². The summed E-state index contributed by atoms with van der Waals surface area (Å²) in [6.07, 6.45) is 6.90. The Bertz CT molecular complexity index is 830. The lowest BCUT2D eigenvalue weighted by Crippen LogP contribution is -2.25. The van der Waals surface area contributed by atoms with E-state index in [1.807, 2.05) is 23.0 Å². The summed E-state index contributed by atoms with van der Waals surface area (Å²) in [7, 11) is 4.77. The van der Waals surface area contributed by atoms with Gasteiger partial charge in [0.2, 0.25) is 11.7 Å². The van der Waals surface area contributed by atoms with Crippen molar-refractivity contribution in [2.45, 2.75) is 44.1 Å². The first kappa shape index (κ1) is 17.7. The van der Waals surface area contributed by atoms with Crippen molar-refractivity contribution in [1.29, 1.82) is 0 Å². The van der Waals surface area contributed by atoms with Crippen LogP contribution in [0.5, 0.6) is 17.2 Å². The van der Waals surface area contributed by atoms with E-state index in [9.17, 15) is 4.79 Å². The highest BCUT2D eigenvalue weighted by Gasteiger charge is 2.33. The molecule has 1 aromatic carbocycles. The van der Waals surface area contributed by atoms with Gasteiger partial charge >= 0.3 is 0 Å². The van der Waals surface area contributed by atoms with E-state index >= 15 is 0 Å². The molecular weight excluding hydrogens is 346 g/mol. The fraction of sp³-hybridized carbons (Fsp3) is 0.500. The van der Waals surface area contributed by atoms with Crippen molar-refractivity contribution in [3.63, 3.8) is 0 Å². The summed E-state index contributed by atoms with van der Waals surface area (Å²) in [5, 5.41) is 7.66. The molecule has 0 radical (unpaired) electrons. The second-order valence-electron chi connectivity index (χ2n) is 7.09. The molecule has 0 unspecified atom stereocenters. The summed E-state index contributed by atoms with van der Waals surface area (Å²) in [4.78, 5) is 12.5. The summed E-state index contributed by atoms with van der Waals surface area (Å²) < 4.78 is 18.4. The topological polar surface area (TPSA) is 74.6 Å². The van der Waals surface area contributed by atoms with Crippen molar-refractivity contribution in [2.24, 2.45) is 0 Å². The molecule has 1 aliphatic carbocycles. The predicted octanol–water partition coefficient (Wildman–Crippen LogP) is 3.50. The molecule has 7 heteroatoms. The maximum atomic E-state index is 12.5. The summed E-state index contributed by atoms with van der Waals surface area (Å²) in [5.41, 5.74) is 1.99. The first-order valence-corrected chi connectivity index (χ1v) is 9.33. The van der Waals surface area contributed by atoms with Crippen LogP contribution in [0.25, 0.3) is 0 Å². The zero-order valence-corrected chi connectivity index (χ0v) is 15.9. The van der Waals surface area contributed by atoms with Gasteiger partial charge in [0, 0.05) is 17.9 Å². The van der Waals surface area contributed by atoms with Crippen LogP contribution in [-0.2, 0) is 4.79 Å². The lowest BCUT2D eigenvalue weighted by Gasteiger charge is -2.26. The van der Waals surface area contributed by atoms with Crippen molar-refractivity contribution < 1.29 is 19.0 Å². The van der Waals surface area contributed by atoms with E-state index in [2.05, 4.69) is 10.4 Å². The minimum absolute atomic E-state index is 0.000925. The number of rotatable bonds is 5. The molecule has 1 atom stereocenters. The van der Waals surface area contributed by atoms with Crippen LogP contribution in [-0.4, -0.2) is 37.0 Å². The first-order valence-electron chi connectivity index (χ1n) is 9.33. The quantitative estimate of drug-likeness (QED) is 0.871. The van der Waals surface area contributed by atoms with Crippen LogP contribution in [0, 0.1) is 0 Å². The Morgan fingerprint density at radius 3 is 2.33 bits per heavy atom. The zero-order valence-electron chi connectivity index (χ0n) is 15.9. The number of fused-ring (bicyclic) bond motifs is 1. The van der Waals surface area contributed by atoms with Crippen LogP contribution in [0.2, 0.25) is 0 Å². The van der Waals surface area contributed by atoms with E-state index in [0.29, 0.717) is 29.7 Å². The monoisotopic (exact) mass is 371 g/mol. The van der Waals surface area contributed by atoms with Gasteiger partial charge in [0.1, 0.15) is 5.82 Å². The highest BCUT2D eigenvalue weighted by molar-refractivity contribution is 5.94. The average Bonchev–Trinajstić information content (AvgIpc) is 3.35. The normalized spacial score (nSPS) is 19.5. The van der Waals surface area contributed by atoms with Crippen LogP contribution in [0.4, 0.5) is 5.82 Å². The van der Waals surface area contributed by atoms with E-state index in [1.54, 1.807) is 21.3 Å². The molecule has 1 aromatic heterocycles. The van der Waals surface area contributed by atoms with Gasteiger partial charge in [-0.25, -0.2) is 4.68 Å². The van der Waals surface area contributed by atoms with E-state index in [1.165, 1.54) is 12.8 Å². The number of carbonyl (C=O) groups is 1. The summed E-state index contributed by atoms with van der Waals surface area (Å²) >= 11 is 0. The molecule has 2 heterocycles. The van der Waals surface area contributed by atoms with Gasteiger partial charge in [-0.3, -0.25) is 4.79 Å². The van der Waals surface area contributed by atoms with Crippen LogP contribution >= 0.6 is 0 Å². The molecule has 7 nitrogen and oxygen atoms in total. The van der Waals surface area contributed by atoms with Gasteiger partial charge in [-0.15, -0.1) is 0 Å². The highest BCUT2D eigenvalue weighted by atomic mass is 16.5. The molecule has 27 heavy (non-hydrogen) atoms. The number of aromatic nitrogens is 2. The molecule has 0 spiro atoms. The van der Waals surface area contributed by atoms with E-state index in [-0.39, 0.29) is 11.8 Å². The molecule has 2 aliphatic rings. The Kier molecular flexibility index (Phi) is 4.68. The Balaban J connectivity index is 1.78. The van der Waals surface area contributed by atoms with E-state index in [0.717, 1.165) is 29.8 Å². The third kappa shape index (κ3) is 3.01. The smallest absolute Gasteiger partial charge is 0.226 e. The fourth-order valence-electron chi connectivity index (χ4n) is 4.26. The predicted molar refractivity (Wildman–Crippen MR) is 101 cm³/mol. The van der Waals surface area contributed by atoms with Crippen LogP contribution in [0.3, 0.4) is 0 Å². The average molecular weight is 371 g/mol. The first-order chi connectivity index (χ1) is 13.2. The highest BCUT2D eigenvalue weighted by Crippen LogP contribution is 2.45. The fourth-order valence-corrected chi connectivity index (χ4v) is 4.26. The van der Waals surface area contributed by atoms with E-state index < -0.39 is 0 Å². The molecule has 0 bridgehead atoms. The van der Waals surface area contributed by atoms with Gasteiger partial charge in [-0.2, -0.15) is 5.10 Å². The number of amides is 1. The SMILES string of the molecule is COc1cc([C@@H]2CC(=O)Nc3c2cnn3C2CCCC2)cc(OC)c1OC. The largest absolute Gasteiger partial charge is 0.493 e. The maximum absolute atomic E-state index is 12.5. The minimum atomic E-state index is -0.0994. The number of hydrogen-bond acceptors (Lipinski definition) is 5. The number of nitrogens with one attached hydrogen (secondary N) is 1. The van der Waals surface area contributed by atoms with Crippen molar-refractivity contribution in [1.82, 2.24) is 9.78 Å². The molecule has 2 aromatic rings. The number of benzene rings is 1. The van der Waals surface area contributed by atoms with Crippen molar-refractivity contribution >= 4 is 11.7 Å². The molecule has 144 valence electrons. The van der Waals surface area contributed by atoms with Crippen LogP contribution < -0.4 is 19.5 Å². The second kappa shape index (κ2) is 7.13. The molecule has 1 amide bonds. The third-order valence-electron chi connectivity index (χ3n) is 5.61. The Morgan fingerprint density at radius 2 is 1.74 bits per heavy atom. The van der Waals surface area contributed by atoms with Crippen molar-refractivity contribution in [2.75, 3.05) is 26.6 Å². The third-order valence-corrected chi connectivity index (χ3v) is 5.61.